The van der Waals surface area contributed by atoms with Crippen LogP contribution >= 0.6 is 0 Å². The molecule has 10 heavy (non-hydrogen) atoms. The van der Waals surface area contributed by atoms with Crippen molar-refractivity contribution in [1.29, 1.82) is 0 Å². The van der Waals surface area contributed by atoms with Gasteiger partial charge in [0.15, 0.2) is 0 Å². The molecule has 0 aromatic heterocycles. The first-order chi connectivity index (χ1) is 4.57. The van der Waals surface area contributed by atoms with E-state index in [1.807, 2.05) is 0 Å². The van der Waals surface area contributed by atoms with Crippen LogP contribution in [0.1, 0.15) is 13.8 Å². The molecule has 0 aromatic carbocycles. The molecule has 0 saturated heterocycles. The summed E-state index contributed by atoms with van der Waals surface area (Å²) in [5.41, 5.74) is 0. The lowest BCUT2D eigenvalue weighted by molar-refractivity contribution is -0.139. The van der Waals surface area contributed by atoms with Crippen molar-refractivity contribution in [2.24, 2.45) is 0 Å². The van der Waals surface area contributed by atoms with Crippen LogP contribution in [0.5, 0.6) is 0 Å². The van der Waals surface area contributed by atoms with Gasteiger partial charge in [-0.05, 0) is 13.8 Å². The van der Waals surface area contributed by atoms with Crippen LogP contribution in [0.3, 0.4) is 0 Å². The SMILES string of the molecule is CNC(=O)C(=O)NC(C)C. The predicted octanol–water partition coefficient (Wildman–Crippen LogP) is -0.743. The molecule has 0 aliphatic heterocycles. The van der Waals surface area contributed by atoms with Gasteiger partial charge in [-0.3, -0.25) is 9.59 Å². The molecule has 0 atom stereocenters. The molecule has 0 aliphatic carbocycles. The highest BCUT2D eigenvalue weighted by atomic mass is 16.2. The molecule has 2 amide bonds. The topological polar surface area (TPSA) is 58.2 Å². The third-order valence-electron chi connectivity index (χ3n) is 0.853. The third-order valence-corrected chi connectivity index (χ3v) is 0.853. The van der Waals surface area contributed by atoms with Gasteiger partial charge in [-0.25, -0.2) is 0 Å². The van der Waals surface area contributed by atoms with Crippen LogP contribution in [0.15, 0.2) is 0 Å². The number of amides is 2. The zero-order valence-corrected chi connectivity index (χ0v) is 6.39. The number of nitrogens with one attached hydrogen (secondary N) is 2. The fraction of sp³-hybridized carbons (Fsp3) is 0.667. The van der Waals surface area contributed by atoms with Gasteiger partial charge in [0.2, 0.25) is 0 Å². The Balaban J connectivity index is 3.74. The maximum atomic E-state index is 10.7. The van der Waals surface area contributed by atoms with Crippen molar-refractivity contribution in [3.63, 3.8) is 0 Å². The molecule has 4 nitrogen and oxygen atoms in total. The Labute approximate surface area is 60.0 Å². The van der Waals surface area contributed by atoms with Crippen LogP contribution in [0.25, 0.3) is 0 Å². The Kier molecular flexibility index (Phi) is 3.46. The van der Waals surface area contributed by atoms with Crippen LogP contribution in [0.2, 0.25) is 0 Å². The van der Waals surface area contributed by atoms with Crippen molar-refractivity contribution in [3.8, 4) is 0 Å². The zero-order chi connectivity index (χ0) is 8.15. The average molecular weight is 144 g/mol. The molecule has 2 N–H and O–H groups in total. The van der Waals surface area contributed by atoms with Crippen molar-refractivity contribution in [2.75, 3.05) is 7.05 Å². The van der Waals surface area contributed by atoms with Crippen LogP contribution in [-0.4, -0.2) is 24.9 Å². The minimum Gasteiger partial charge on any atom is -0.351 e. The molecule has 0 radical (unpaired) electrons. The molecule has 0 fully saturated rings. The molecular formula is C6H12N2O2. The van der Waals surface area contributed by atoms with Crippen LogP contribution in [-0.2, 0) is 9.59 Å². The summed E-state index contributed by atoms with van der Waals surface area (Å²) in [7, 11) is 1.42. The van der Waals surface area contributed by atoms with E-state index in [0.29, 0.717) is 0 Å². The summed E-state index contributed by atoms with van der Waals surface area (Å²) in [5.74, 6) is -1.19. The van der Waals surface area contributed by atoms with Gasteiger partial charge >= 0.3 is 11.8 Å². The van der Waals surface area contributed by atoms with E-state index >= 15 is 0 Å². The Bertz CT molecular complexity index is 143. The second-order valence-electron chi connectivity index (χ2n) is 2.21. The van der Waals surface area contributed by atoms with Crippen molar-refractivity contribution >= 4 is 11.8 Å². The maximum Gasteiger partial charge on any atom is 0.309 e. The summed E-state index contributed by atoms with van der Waals surface area (Å²) in [5, 5.41) is 4.66. The number of hydrogen-bond acceptors (Lipinski definition) is 2. The highest BCUT2D eigenvalue weighted by molar-refractivity contribution is 6.35. The molecule has 4 heteroatoms. The summed E-state index contributed by atoms with van der Waals surface area (Å²) in [4.78, 5) is 21.2. The van der Waals surface area contributed by atoms with Gasteiger partial charge in [-0.2, -0.15) is 0 Å². The standard InChI is InChI=1S/C6H12N2O2/c1-4(2)8-6(10)5(9)7-3/h4H,1-3H3,(H,7,9)(H,8,10). The van der Waals surface area contributed by atoms with Crippen molar-refractivity contribution < 1.29 is 9.59 Å². The highest BCUT2D eigenvalue weighted by Gasteiger charge is 2.10. The van der Waals surface area contributed by atoms with E-state index in [2.05, 4.69) is 10.6 Å². The normalized spacial score (nSPS) is 9.20. The summed E-state index contributed by atoms with van der Waals surface area (Å²) in [6.07, 6.45) is 0. The van der Waals surface area contributed by atoms with Crippen LogP contribution in [0, 0.1) is 0 Å². The molecule has 0 aliphatic rings. The number of rotatable bonds is 1. The first-order valence-electron chi connectivity index (χ1n) is 3.10. The highest BCUT2D eigenvalue weighted by Crippen LogP contribution is 1.75. The summed E-state index contributed by atoms with van der Waals surface area (Å²) in [6, 6.07) is 0.00444. The summed E-state index contributed by atoms with van der Waals surface area (Å²) in [6.45, 7) is 3.58. The van der Waals surface area contributed by atoms with Crippen molar-refractivity contribution in [2.45, 2.75) is 19.9 Å². The van der Waals surface area contributed by atoms with E-state index in [1.54, 1.807) is 13.8 Å². The Morgan fingerprint density at radius 2 is 1.70 bits per heavy atom. The molecule has 0 unspecified atom stereocenters. The van der Waals surface area contributed by atoms with E-state index in [1.165, 1.54) is 7.05 Å². The van der Waals surface area contributed by atoms with Crippen LogP contribution < -0.4 is 10.6 Å². The number of likely N-dealkylation sites (N-methyl/N-ethyl adjacent to an activating group) is 1. The van der Waals surface area contributed by atoms with Gasteiger partial charge in [0, 0.05) is 13.1 Å². The molecule has 0 aromatic rings. The quantitative estimate of drug-likeness (QED) is 0.476. The lowest BCUT2D eigenvalue weighted by Crippen LogP contribution is -2.41. The van der Waals surface area contributed by atoms with E-state index < -0.39 is 11.8 Å². The van der Waals surface area contributed by atoms with Gasteiger partial charge in [0.05, 0.1) is 0 Å². The first-order valence-corrected chi connectivity index (χ1v) is 3.10. The van der Waals surface area contributed by atoms with Gasteiger partial charge < -0.3 is 10.6 Å². The minimum absolute atomic E-state index is 0.00444. The van der Waals surface area contributed by atoms with Gasteiger partial charge in [-0.15, -0.1) is 0 Å². The second kappa shape index (κ2) is 3.87. The monoisotopic (exact) mass is 144 g/mol. The fourth-order valence-corrected chi connectivity index (χ4v) is 0.441. The van der Waals surface area contributed by atoms with Crippen molar-refractivity contribution in [3.05, 3.63) is 0 Å². The molecular weight excluding hydrogens is 132 g/mol. The van der Waals surface area contributed by atoms with E-state index in [-0.39, 0.29) is 6.04 Å². The summed E-state index contributed by atoms with van der Waals surface area (Å²) < 4.78 is 0. The van der Waals surface area contributed by atoms with Gasteiger partial charge in [0.25, 0.3) is 0 Å². The average Bonchev–Trinajstić information content (AvgIpc) is 1.85. The van der Waals surface area contributed by atoms with E-state index in [0.717, 1.165) is 0 Å². The maximum absolute atomic E-state index is 10.7. The Morgan fingerprint density at radius 1 is 1.20 bits per heavy atom. The van der Waals surface area contributed by atoms with Gasteiger partial charge in [0.1, 0.15) is 0 Å². The molecule has 0 rings (SSSR count). The van der Waals surface area contributed by atoms with Crippen molar-refractivity contribution in [1.82, 2.24) is 10.6 Å². The van der Waals surface area contributed by atoms with Gasteiger partial charge in [-0.1, -0.05) is 0 Å². The largest absolute Gasteiger partial charge is 0.351 e. The van der Waals surface area contributed by atoms with E-state index in [4.69, 9.17) is 0 Å². The lowest BCUT2D eigenvalue weighted by atomic mass is 10.4. The number of carbonyl (C=O) groups excluding carboxylic acids is 2. The number of hydrogen-bond donors (Lipinski definition) is 2. The third kappa shape index (κ3) is 3.06. The first kappa shape index (κ1) is 8.94. The Morgan fingerprint density at radius 3 is 2.00 bits per heavy atom. The fourth-order valence-electron chi connectivity index (χ4n) is 0.441. The Hall–Kier alpha value is -1.06. The zero-order valence-electron chi connectivity index (χ0n) is 6.39. The second-order valence-corrected chi connectivity index (χ2v) is 2.21. The minimum atomic E-state index is -0.603. The van der Waals surface area contributed by atoms with Crippen LogP contribution in [0.4, 0.5) is 0 Å². The molecule has 58 valence electrons. The smallest absolute Gasteiger partial charge is 0.309 e. The molecule has 0 spiro atoms. The molecule has 0 saturated carbocycles. The lowest BCUT2D eigenvalue weighted by Gasteiger charge is -2.05. The molecule has 0 bridgehead atoms. The summed E-state index contributed by atoms with van der Waals surface area (Å²) >= 11 is 0. The van der Waals surface area contributed by atoms with E-state index in [9.17, 15) is 9.59 Å². The predicted molar refractivity (Wildman–Crippen MR) is 37.3 cm³/mol. The molecule has 0 heterocycles. The number of carbonyl (C=O) groups is 2.